The Balaban J connectivity index is 0.000000231. The number of rotatable bonds is 6. The second kappa shape index (κ2) is 22.8. The highest BCUT2D eigenvalue weighted by atomic mass is 35.5. The number of carbonyl (C=O) groups is 4. The number of carboxylic acids is 1. The molecule has 59 heavy (non-hydrogen) atoms. The van der Waals surface area contributed by atoms with Gasteiger partial charge < -0.3 is 34.6 Å². The molecule has 15 heteroatoms. The molecule has 2 aromatic carbocycles. The van der Waals surface area contributed by atoms with E-state index in [0.717, 1.165) is 63.2 Å². The number of ether oxygens (including phenoxy) is 2. The molecule has 2 aromatic rings. The fraction of sp³-hybridized carbons (Fsp3) is 0.636. The maximum atomic E-state index is 12.7. The third-order valence-electron chi connectivity index (χ3n) is 10.3. The molecule has 0 bridgehead atoms. The molecule has 0 unspecified atom stereocenters. The van der Waals surface area contributed by atoms with Gasteiger partial charge in [-0.15, -0.1) is 0 Å². The number of aromatic carboxylic acids is 1. The van der Waals surface area contributed by atoms with Gasteiger partial charge in [-0.3, -0.25) is 14.6 Å². The maximum Gasteiger partial charge on any atom is 0.410 e. The Morgan fingerprint density at radius 3 is 1.34 bits per heavy atom. The SMILES string of the molecule is C1CCNCC1.CC(C)(C)OC(=O)N1CCN(Cc2ccc(C(=O)N3CCCCC3)cc2Cl)CC1.CC(C)(C)OC(=O)N1CCN(Cc2ccc(C(=O)O)cc2Cl)CC1. The Morgan fingerprint density at radius 2 is 0.983 bits per heavy atom. The minimum Gasteiger partial charge on any atom is -0.478 e. The van der Waals surface area contributed by atoms with Gasteiger partial charge in [0.25, 0.3) is 5.91 Å². The largest absolute Gasteiger partial charge is 0.478 e. The number of nitrogens with one attached hydrogen (secondary N) is 1. The van der Waals surface area contributed by atoms with Crippen molar-refractivity contribution in [2.75, 3.05) is 78.5 Å². The first-order valence-electron chi connectivity index (χ1n) is 21.1. The highest BCUT2D eigenvalue weighted by Gasteiger charge is 2.28. The Morgan fingerprint density at radius 1 is 0.576 bits per heavy atom. The van der Waals surface area contributed by atoms with E-state index >= 15 is 0 Å². The first-order valence-corrected chi connectivity index (χ1v) is 21.8. The molecular weight excluding hydrogens is 795 g/mol. The van der Waals surface area contributed by atoms with Gasteiger partial charge in [0.05, 0.1) is 5.56 Å². The normalized spacial score (nSPS) is 18.1. The van der Waals surface area contributed by atoms with Crippen molar-refractivity contribution in [3.63, 3.8) is 0 Å². The first kappa shape index (κ1) is 48.1. The summed E-state index contributed by atoms with van der Waals surface area (Å²) in [5, 5.41) is 13.3. The average molecular weight is 862 g/mol. The van der Waals surface area contributed by atoms with E-state index in [4.69, 9.17) is 37.8 Å². The number of benzene rings is 2. The molecule has 4 aliphatic rings. The number of hydrogen-bond acceptors (Lipinski definition) is 9. The summed E-state index contributed by atoms with van der Waals surface area (Å²) in [4.78, 5) is 57.7. The standard InChI is InChI=1S/C22H32ClN3O3.C17H23ClN2O4.C5H11N/c1-22(2,3)29-21(28)26-13-11-24(12-14-26)16-18-8-7-17(15-19(18)23)20(27)25-9-5-4-6-10-25;1-17(2,3)24-16(23)20-8-6-19(7-9-20)11-13-5-4-12(15(21)22)10-14(13)18;1-2-4-6-5-3-1/h7-8,15H,4-6,9-14,16H2,1-3H3;4-5,10H,6-9,11H2,1-3H3,(H,21,22);6H,1-5H2. The second-order valence-electron chi connectivity index (χ2n) is 17.6. The van der Waals surface area contributed by atoms with Crippen LogP contribution >= 0.6 is 23.2 Å². The summed E-state index contributed by atoms with van der Waals surface area (Å²) in [5.74, 6) is -0.918. The fourth-order valence-electron chi connectivity index (χ4n) is 7.01. The maximum absolute atomic E-state index is 12.7. The van der Waals surface area contributed by atoms with Crippen molar-refractivity contribution in [3.8, 4) is 0 Å². The molecule has 0 atom stereocenters. The fourth-order valence-corrected chi connectivity index (χ4v) is 7.49. The molecule has 0 aromatic heterocycles. The van der Waals surface area contributed by atoms with Gasteiger partial charge in [-0.05, 0) is 122 Å². The lowest BCUT2D eigenvalue weighted by molar-refractivity contribution is 0.0129. The Kier molecular flexibility index (Phi) is 18.6. The number of carboxylic acid groups (broad SMARTS) is 1. The van der Waals surface area contributed by atoms with Gasteiger partial charge >= 0.3 is 18.2 Å². The number of carbonyl (C=O) groups excluding carboxylic acids is 3. The molecule has 4 saturated heterocycles. The summed E-state index contributed by atoms with van der Waals surface area (Å²) >= 11 is 12.7. The zero-order chi connectivity index (χ0) is 43.2. The number of likely N-dealkylation sites (tertiary alicyclic amines) is 1. The average Bonchev–Trinajstić information content (AvgIpc) is 3.20. The molecule has 0 aliphatic carbocycles. The number of piperidine rings is 2. The van der Waals surface area contributed by atoms with Gasteiger partial charge in [-0.1, -0.05) is 41.8 Å². The van der Waals surface area contributed by atoms with Crippen molar-refractivity contribution in [1.82, 2.24) is 29.8 Å². The van der Waals surface area contributed by atoms with Gasteiger partial charge in [0.15, 0.2) is 0 Å². The van der Waals surface area contributed by atoms with Crippen LogP contribution in [0.15, 0.2) is 36.4 Å². The summed E-state index contributed by atoms with van der Waals surface area (Å²) in [7, 11) is 0. The molecule has 2 N–H and O–H groups in total. The van der Waals surface area contributed by atoms with Crippen molar-refractivity contribution < 1.29 is 33.8 Å². The lowest BCUT2D eigenvalue weighted by Crippen LogP contribution is -2.49. The van der Waals surface area contributed by atoms with Crippen molar-refractivity contribution in [1.29, 1.82) is 0 Å². The molecular formula is C44H66Cl2N6O7. The van der Waals surface area contributed by atoms with Crippen LogP contribution in [0.25, 0.3) is 0 Å². The van der Waals surface area contributed by atoms with E-state index in [9.17, 15) is 19.2 Å². The smallest absolute Gasteiger partial charge is 0.410 e. The summed E-state index contributed by atoms with van der Waals surface area (Å²) in [6.45, 7) is 22.1. The predicted octanol–water partition coefficient (Wildman–Crippen LogP) is 7.87. The van der Waals surface area contributed by atoms with Crippen molar-refractivity contribution >= 4 is 47.3 Å². The van der Waals surface area contributed by atoms with Crippen molar-refractivity contribution in [2.24, 2.45) is 0 Å². The molecule has 0 radical (unpaired) electrons. The lowest BCUT2D eigenvalue weighted by atomic mass is 10.1. The number of halogens is 2. The number of piperazine rings is 2. The molecule has 0 spiro atoms. The van der Waals surface area contributed by atoms with Crippen LogP contribution in [0.4, 0.5) is 9.59 Å². The summed E-state index contributed by atoms with van der Waals surface area (Å²) in [6, 6.07) is 10.4. The molecule has 4 fully saturated rings. The van der Waals surface area contributed by atoms with E-state index in [1.807, 2.05) is 58.6 Å². The summed E-state index contributed by atoms with van der Waals surface area (Å²) in [5.41, 5.74) is 1.76. The van der Waals surface area contributed by atoms with E-state index in [1.54, 1.807) is 28.0 Å². The van der Waals surface area contributed by atoms with Crippen LogP contribution in [0.3, 0.4) is 0 Å². The van der Waals surface area contributed by atoms with Gasteiger partial charge in [0, 0.05) is 94.1 Å². The molecule has 0 saturated carbocycles. The Labute approximate surface area is 361 Å². The molecule has 328 valence electrons. The Bertz CT molecular complexity index is 1680. The van der Waals surface area contributed by atoms with Crippen LogP contribution in [0.1, 0.15) is 112 Å². The van der Waals surface area contributed by atoms with E-state index in [1.165, 1.54) is 44.8 Å². The minimum atomic E-state index is -0.991. The van der Waals surface area contributed by atoms with Gasteiger partial charge in [-0.2, -0.15) is 0 Å². The highest BCUT2D eigenvalue weighted by molar-refractivity contribution is 6.32. The molecule has 13 nitrogen and oxygen atoms in total. The number of amides is 3. The molecule has 4 heterocycles. The van der Waals surface area contributed by atoms with Crippen molar-refractivity contribution in [2.45, 2.75) is 104 Å². The van der Waals surface area contributed by atoms with E-state index < -0.39 is 17.2 Å². The van der Waals surface area contributed by atoms with E-state index in [2.05, 4.69) is 15.1 Å². The van der Waals surface area contributed by atoms with E-state index in [-0.39, 0.29) is 23.7 Å². The van der Waals surface area contributed by atoms with Crippen LogP contribution < -0.4 is 5.32 Å². The third kappa shape index (κ3) is 16.7. The van der Waals surface area contributed by atoms with E-state index in [0.29, 0.717) is 54.9 Å². The minimum absolute atomic E-state index is 0.0733. The zero-order valence-electron chi connectivity index (χ0n) is 36.0. The topological polar surface area (TPSA) is 135 Å². The second-order valence-corrected chi connectivity index (χ2v) is 18.4. The van der Waals surface area contributed by atoms with Crippen molar-refractivity contribution in [3.05, 3.63) is 68.7 Å². The van der Waals surface area contributed by atoms with Crippen LogP contribution in [0.2, 0.25) is 10.0 Å². The predicted molar refractivity (Wildman–Crippen MR) is 233 cm³/mol. The Hall–Kier alpha value is -3.62. The number of hydrogen-bond donors (Lipinski definition) is 2. The van der Waals surface area contributed by atoms with Crippen LogP contribution in [0.5, 0.6) is 0 Å². The summed E-state index contributed by atoms with van der Waals surface area (Å²) in [6.07, 6.45) is 7.03. The first-order chi connectivity index (χ1) is 27.9. The monoisotopic (exact) mass is 860 g/mol. The zero-order valence-corrected chi connectivity index (χ0v) is 37.5. The van der Waals surface area contributed by atoms with Gasteiger partial charge in [0.1, 0.15) is 11.2 Å². The van der Waals surface area contributed by atoms with Crippen LogP contribution in [-0.4, -0.2) is 143 Å². The molecule has 3 amide bonds. The summed E-state index contributed by atoms with van der Waals surface area (Å²) < 4.78 is 10.8. The van der Waals surface area contributed by atoms with Crippen LogP contribution in [-0.2, 0) is 22.6 Å². The molecule has 4 aliphatic heterocycles. The van der Waals surface area contributed by atoms with Gasteiger partial charge in [-0.25, -0.2) is 14.4 Å². The lowest BCUT2D eigenvalue weighted by Gasteiger charge is -2.35. The van der Waals surface area contributed by atoms with Crippen LogP contribution in [0, 0.1) is 0 Å². The van der Waals surface area contributed by atoms with Gasteiger partial charge in [0.2, 0.25) is 0 Å². The third-order valence-corrected chi connectivity index (χ3v) is 11.0. The molecule has 6 rings (SSSR count). The highest BCUT2D eigenvalue weighted by Crippen LogP contribution is 2.24. The number of nitrogens with zero attached hydrogens (tertiary/aromatic N) is 5. The quantitative estimate of drug-likeness (QED) is 0.296.